The molecule has 2 atom stereocenters. The van der Waals surface area contributed by atoms with Crippen LogP contribution >= 0.6 is 0 Å². The van der Waals surface area contributed by atoms with Crippen molar-refractivity contribution < 1.29 is 14.6 Å². The molecule has 0 saturated carbocycles. The molecule has 1 aromatic carbocycles. The van der Waals surface area contributed by atoms with Crippen LogP contribution in [0.25, 0.3) is 0 Å². The number of carbonyl (C=O) groups excluding carboxylic acids is 1. The lowest BCUT2D eigenvalue weighted by atomic mass is 9.92. The normalized spacial score (nSPS) is 18.3. The number of aryl methyl sites for hydroxylation is 1. The Balaban J connectivity index is 1.72. The molecule has 128 valence electrons. The van der Waals surface area contributed by atoms with Gasteiger partial charge in [0, 0.05) is 13.1 Å². The van der Waals surface area contributed by atoms with E-state index in [4.69, 9.17) is 4.74 Å². The van der Waals surface area contributed by atoms with Gasteiger partial charge in [-0.05, 0) is 57.2 Å². The molecule has 0 spiro atoms. The summed E-state index contributed by atoms with van der Waals surface area (Å²) in [4.78, 5) is 14.1. The standard InChI is InChI=1S/C18H28N2O3/c1-13-5-4-6-17(11-13)23-12-14(2)19-18(22)20-9-7-16(8-10-20)15(3)21/h4-6,11,14-16,21H,7-10,12H2,1-3H3,(H,19,22). The lowest BCUT2D eigenvalue weighted by Crippen LogP contribution is -2.49. The molecule has 0 aromatic heterocycles. The molecule has 1 aliphatic rings. The van der Waals surface area contributed by atoms with E-state index >= 15 is 0 Å². The van der Waals surface area contributed by atoms with Crippen LogP contribution in [0, 0.1) is 12.8 Å². The second-order valence-corrected chi connectivity index (χ2v) is 6.54. The number of amides is 2. The van der Waals surface area contributed by atoms with Gasteiger partial charge in [-0.1, -0.05) is 12.1 Å². The molecule has 0 aliphatic carbocycles. The molecule has 23 heavy (non-hydrogen) atoms. The van der Waals surface area contributed by atoms with Crippen LogP contribution in [0.3, 0.4) is 0 Å². The van der Waals surface area contributed by atoms with E-state index in [0.29, 0.717) is 25.6 Å². The van der Waals surface area contributed by atoms with Crippen molar-refractivity contribution in [2.24, 2.45) is 5.92 Å². The summed E-state index contributed by atoms with van der Waals surface area (Å²) in [6.07, 6.45) is 1.43. The first kappa shape index (κ1) is 17.6. The number of ether oxygens (including phenoxy) is 1. The highest BCUT2D eigenvalue weighted by Crippen LogP contribution is 2.20. The summed E-state index contributed by atoms with van der Waals surface area (Å²) in [6, 6.07) is 7.78. The van der Waals surface area contributed by atoms with Gasteiger partial charge in [-0.15, -0.1) is 0 Å². The number of nitrogens with one attached hydrogen (secondary N) is 1. The Morgan fingerprint density at radius 3 is 2.70 bits per heavy atom. The van der Waals surface area contributed by atoms with Crippen LogP contribution in [0.2, 0.25) is 0 Å². The van der Waals surface area contributed by atoms with Crippen molar-refractivity contribution in [1.29, 1.82) is 0 Å². The first-order valence-corrected chi connectivity index (χ1v) is 8.38. The van der Waals surface area contributed by atoms with Gasteiger partial charge in [0.15, 0.2) is 0 Å². The fourth-order valence-corrected chi connectivity index (χ4v) is 2.86. The second-order valence-electron chi connectivity index (χ2n) is 6.54. The second kappa shape index (κ2) is 8.20. The predicted molar refractivity (Wildman–Crippen MR) is 90.6 cm³/mol. The van der Waals surface area contributed by atoms with E-state index in [1.165, 1.54) is 0 Å². The fourth-order valence-electron chi connectivity index (χ4n) is 2.86. The van der Waals surface area contributed by atoms with E-state index in [9.17, 15) is 9.90 Å². The third-order valence-electron chi connectivity index (χ3n) is 4.37. The fraction of sp³-hybridized carbons (Fsp3) is 0.611. The summed E-state index contributed by atoms with van der Waals surface area (Å²) in [5, 5.41) is 12.6. The molecule has 0 radical (unpaired) electrons. The number of aliphatic hydroxyl groups is 1. The van der Waals surface area contributed by atoms with Crippen molar-refractivity contribution >= 4 is 6.03 Å². The topological polar surface area (TPSA) is 61.8 Å². The summed E-state index contributed by atoms with van der Waals surface area (Å²) < 4.78 is 5.72. The van der Waals surface area contributed by atoms with Crippen molar-refractivity contribution in [2.75, 3.05) is 19.7 Å². The number of hydrogen-bond donors (Lipinski definition) is 2. The number of benzene rings is 1. The molecule has 1 heterocycles. The quantitative estimate of drug-likeness (QED) is 0.876. The molecule has 1 saturated heterocycles. The van der Waals surface area contributed by atoms with Crippen molar-refractivity contribution in [3.05, 3.63) is 29.8 Å². The van der Waals surface area contributed by atoms with Crippen LogP contribution < -0.4 is 10.1 Å². The number of rotatable bonds is 5. The molecular weight excluding hydrogens is 292 g/mol. The zero-order valence-electron chi connectivity index (χ0n) is 14.3. The van der Waals surface area contributed by atoms with E-state index < -0.39 is 0 Å². The maximum Gasteiger partial charge on any atom is 0.317 e. The number of nitrogens with zero attached hydrogens (tertiary/aromatic N) is 1. The number of aliphatic hydroxyl groups excluding tert-OH is 1. The predicted octanol–water partition coefficient (Wildman–Crippen LogP) is 2.56. The minimum Gasteiger partial charge on any atom is -0.491 e. The van der Waals surface area contributed by atoms with E-state index in [-0.39, 0.29) is 18.2 Å². The summed E-state index contributed by atoms with van der Waals surface area (Å²) in [5.41, 5.74) is 1.15. The molecule has 1 fully saturated rings. The lowest BCUT2D eigenvalue weighted by Gasteiger charge is -2.34. The number of hydrogen-bond acceptors (Lipinski definition) is 3. The van der Waals surface area contributed by atoms with Crippen molar-refractivity contribution in [3.63, 3.8) is 0 Å². The molecule has 1 aromatic rings. The Morgan fingerprint density at radius 1 is 1.39 bits per heavy atom. The van der Waals surface area contributed by atoms with Crippen LogP contribution in [0.5, 0.6) is 5.75 Å². The smallest absolute Gasteiger partial charge is 0.317 e. The van der Waals surface area contributed by atoms with Gasteiger partial charge >= 0.3 is 6.03 Å². The minimum atomic E-state index is -0.290. The molecule has 2 rings (SSSR count). The Kier molecular flexibility index (Phi) is 6.28. The molecule has 2 unspecified atom stereocenters. The van der Waals surface area contributed by atoms with Gasteiger partial charge < -0.3 is 20.1 Å². The maximum absolute atomic E-state index is 12.2. The molecule has 0 bridgehead atoms. The largest absolute Gasteiger partial charge is 0.491 e. The monoisotopic (exact) mass is 320 g/mol. The Morgan fingerprint density at radius 2 is 2.09 bits per heavy atom. The highest BCUT2D eigenvalue weighted by atomic mass is 16.5. The van der Waals surface area contributed by atoms with Crippen LogP contribution in [0.4, 0.5) is 4.79 Å². The molecule has 2 amide bonds. The lowest BCUT2D eigenvalue weighted by molar-refractivity contribution is 0.0790. The third kappa shape index (κ3) is 5.43. The molecule has 5 nitrogen and oxygen atoms in total. The highest BCUT2D eigenvalue weighted by Gasteiger charge is 2.25. The number of likely N-dealkylation sites (tertiary alicyclic amines) is 1. The first-order chi connectivity index (χ1) is 11.0. The van der Waals surface area contributed by atoms with Gasteiger partial charge in [-0.2, -0.15) is 0 Å². The summed E-state index contributed by atoms with van der Waals surface area (Å²) in [6.45, 7) is 7.63. The number of carbonyl (C=O) groups is 1. The molecular formula is C18H28N2O3. The van der Waals surface area contributed by atoms with Gasteiger partial charge in [0.25, 0.3) is 0 Å². The summed E-state index contributed by atoms with van der Waals surface area (Å²) >= 11 is 0. The van der Waals surface area contributed by atoms with E-state index in [1.807, 2.05) is 49.9 Å². The molecule has 1 aliphatic heterocycles. The summed E-state index contributed by atoms with van der Waals surface area (Å²) in [5.74, 6) is 1.13. The minimum absolute atomic E-state index is 0.0469. The maximum atomic E-state index is 12.2. The Hall–Kier alpha value is -1.75. The average molecular weight is 320 g/mol. The van der Waals surface area contributed by atoms with Gasteiger partial charge in [0.2, 0.25) is 0 Å². The summed E-state index contributed by atoms with van der Waals surface area (Å²) in [7, 11) is 0. The van der Waals surface area contributed by atoms with Gasteiger partial charge in [0.05, 0.1) is 12.1 Å². The van der Waals surface area contributed by atoms with Crippen molar-refractivity contribution in [3.8, 4) is 5.75 Å². The number of urea groups is 1. The Bertz CT molecular complexity index is 511. The zero-order valence-corrected chi connectivity index (χ0v) is 14.3. The van der Waals surface area contributed by atoms with Gasteiger partial charge in [-0.25, -0.2) is 4.79 Å². The average Bonchev–Trinajstić information content (AvgIpc) is 2.53. The zero-order chi connectivity index (χ0) is 16.8. The Labute approximate surface area is 138 Å². The first-order valence-electron chi connectivity index (χ1n) is 8.38. The van der Waals surface area contributed by atoms with E-state index in [1.54, 1.807) is 0 Å². The van der Waals surface area contributed by atoms with Crippen molar-refractivity contribution in [1.82, 2.24) is 10.2 Å². The molecule has 5 heteroatoms. The van der Waals surface area contributed by atoms with Gasteiger partial charge in [0.1, 0.15) is 12.4 Å². The van der Waals surface area contributed by atoms with E-state index in [0.717, 1.165) is 24.2 Å². The molecule has 2 N–H and O–H groups in total. The van der Waals surface area contributed by atoms with E-state index in [2.05, 4.69) is 5.32 Å². The third-order valence-corrected chi connectivity index (χ3v) is 4.37. The number of piperidine rings is 1. The van der Waals surface area contributed by atoms with Crippen molar-refractivity contribution in [2.45, 2.75) is 45.8 Å². The van der Waals surface area contributed by atoms with Gasteiger partial charge in [-0.3, -0.25) is 0 Å². The van der Waals surface area contributed by atoms with Crippen LogP contribution in [0.1, 0.15) is 32.3 Å². The van der Waals surface area contributed by atoms with Crippen LogP contribution in [-0.4, -0.2) is 47.9 Å². The highest BCUT2D eigenvalue weighted by molar-refractivity contribution is 5.74. The van der Waals surface area contributed by atoms with Crippen LogP contribution in [-0.2, 0) is 0 Å². The SMILES string of the molecule is Cc1cccc(OCC(C)NC(=O)N2CCC(C(C)O)CC2)c1. The van der Waals surface area contributed by atoms with Crippen LogP contribution in [0.15, 0.2) is 24.3 Å².